The van der Waals surface area contributed by atoms with E-state index in [1.54, 1.807) is 25.1 Å². The van der Waals surface area contributed by atoms with Crippen LogP contribution in [0.3, 0.4) is 0 Å². The van der Waals surface area contributed by atoms with E-state index in [2.05, 4.69) is 15.1 Å². The van der Waals surface area contributed by atoms with E-state index in [4.69, 9.17) is 21.7 Å². The summed E-state index contributed by atoms with van der Waals surface area (Å²) in [7, 11) is 0. The van der Waals surface area contributed by atoms with Gasteiger partial charge in [-0.05, 0) is 37.3 Å². The lowest BCUT2D eigenvalue weighted by Gasteiger charge is -2.37. The summed E-state index contributed by atoms with van der Waals surface area (Å²) in [6, 6.07) is 7.12. The minimum Gasteiger partial charge on any atom is -0.462 e. The van der Waals surface area contributed by atoms with Crippen LogP contribution in [0.4, 0.5) is 5.69 Å². The number of carbonyl (C=O) groups is 2. The zero-order valence-corrected chi connectivity index (χ0v) is 17.6. The van der Waals surface area contributed by atoms with Gasteiger partial charge in [-0.3, -0.25) is 9.69 Å². The Labute approximate surface area is 176 Å². The van der Waals surface area contributed by atoms with Crippen LogP contribution in [0.5, 0.6) is 0 Å². The normalized spacial score (nSPS) is 17.7. The van der Waals surface area contributed by atoms with Gasteiger partial charge in [-0.15, -0.1) is 0 Å². The fourth-order valence-electron chi connectivity index (χ4n) is 3.35. The third-order valence-corrected chi connectivity index (χ3v) is 5.37. The molecule has 0 atom stereocenters. The molecule has 29 heavy (non-hydrogen) atoms. The molecule has 0 aromatic heterocycles. The van der Waals surface area contributed by atoms with Crippen LogP contribution in [0.15, 0.2) is 24.3 Å². The number of hydrogen-bond acceptors (Lipinski definition) is 6. The highest BCUT2D eigenvalue weighted by atomic mass is 32.1. The van der Waals surface area contributed by atoms with E-state index in [9.17, 15) is 9.59 Å². The molecule has 0 aliphatic carbocycles. The van der Waals surface area contributed by atoms with Crippen LogP contribution in [0.2, 0.25) is 0 Å². The maximum absolute atomic E-state index is 12.4. The number of thiocarbonyl (C=S) groups is 1. The first kappa shape index (κ1) is 21.5. The molecule has 2 fully saturated rings. The smallest absolute Gasteiger partial charge is 0.338 e. The number of amides is 1. The summed E-state index contributed by atoms with van der Waals surface area (Å²) in [5, 5.41) is 3.81. The molecule has 158 valence electrons. The van der Waals surface area contributed by atoms with E-state index in [-0.39, 0.29) is 11.9 Å². The van der Waals surface area contributed by atoms with Gasteiger partial charge in [0.2, 0.25) is 5.91 Å². The Bertz CT molecular complexity index is 731. The molecule has 0 saturated carbocycles. The monoisotopic (exact) mass is 420 g/mol. The van der Waals surface area contributed by atoms with Crippen LogP contribution < -0.4 is 5.32 Å². The number of benzene rings is 1. The third kappa shape index (κ3) is 6.12. The maximum atomic E-state index is 12.4. The number of ether oxygens (including phenoxy) is 2. The van der Waals surface area contributed by atoms with Crippen LogP contribution in [-0.4, -0.2) is 97.3 Å². The van der Waals surface area contributed by atoms with Crippen molar-refractivity contribution in [1.29, 1.82) is 0 Å². The lowest BCUT2D eigenvalue weighted by Crippen LogP contribution is -2.53. The molecule has 0 unspecified atom stereocenters. The molecule has 1 N–H and O–H groups in total. The predicted octanol–water partition coefficient (Wildman–Crippen LogP) is 1.04. The second-order valence-electron chi connectivity index (χ2n) is 6.99. The van der Waals surface area contributed by atoms with Crippen LogP contribution in [0.25, 0.3) is 0 Å². The first-order valence-electron chi connectivity index (χ1n) is 9.98. The van der Waals surface area contributed by atoms with Crippen molar-refractivity contribution in [2.75, 3.05) is 71.0 Å². The molecular weight excluding hydrogens is 392 g/mol. The zero-order chi connectivity index (χ0) is 20.6. The Morgan fingerprint density at radius 3 is 2.52 bits per heavy atom. The quantitative estimate of drug-likeness (QED) is 0.560. The summed E-state index contributed by atoms with van der Waals surface area (Å²) in [6.07, 6.45) is 0. The maximum Gasteiger partial charge on any atom is 0.338 e. The summed E-state index contributed by atoms with van der Waals surface area (Å²) >= 11 is 5.54. The van der Waals surface area contributed by atoms with E-state index in [1.165, 1.54) is 0 Å². The van der Waals surface area contributed by atoms with Crippen LogP contribution in [-0.2, 0) is 14.3 Å². The standard InChI is InChI=1S/C20H28N4O4S/c1-2-28-19(26)16-4-3-5-17(14-16)21-20(29)24-8-6-22(7-9-24)15-18(25)23-10-12-27-13-11-23/h3-5,14H,2,6-13,15H2,1H3,(H,21,29). The lowest BCUT2D eigenvalue weighted by atomic mass is 10.2. The second kappa shape index (κ2) is 10.5. The number of esters is 1. The average Bonchev–Trinajstić information content (AvgIpc) is 2.75. The van der Waals surface area contributed by atoms with Crippen molar-refractivity contribution < 1.29 is 19.1 Å². The minimum atomic E-state index is -0.347. The van der Waals surface area contributed by atoms with Gasteiger partial charge in [0.05, 0.1) is 31.9 Å². The molecule has 0 bridgehead atoms. The molecule has 0 radical (unpaired) electrons. The topological polar surface area (TPSA) is 74.4 Å². The van der Waals surface area contributed by atoms with Gasteiger partial charge >= 0.3 is 5.97 Å². The zero-order valence-electron chi connectivity index (χ0n) is 16.8. The van der Waals surface area contributed by atoms with Gasteiger partial charge in [0, 0.05) is 45.0 Å². The number of nitrogens with zero attached hydrogens (tertiary/aromatic N) is 3. The molecule has 1 aromatic rings. The number of piperazine rings is 1. The van der Waals surface area contributed by atoms with E-state index in [0.29, 0.717) is 50.1 Å². The number of anilines is 1. The van der Waals surface area contributed by atoms with Crippen molar-refractivity contribution in [3.05, 3.63) is 29.8 Å². The summed E-state index contributed by atoms with van der Waals surface area (Å²) in [6.45, 7) is 8.22. The summed E-state index contributed by atoms with van der Waals surface area (Å²) in [5.41, 5.74) is 1.25. The van der Waals surface area contributed by atoms with Crippen molar-refractivity contribution in [2.24, 2.45) is 0 Å². The van der Waals surface area contributed by atoms with Crippen molar-refractivity contribution in [3.8, 4) is 0 Å². The first-order valence-corrected chi connectivity index (χ1v) is 10.4. The fourth-order valence-corrected chi connectivity index (χ4v) is 3.65. The van der Waals surface area contributed by atoms with Crippen LogP contribution >= 0.6 is 12.2 Å². The average molecular weight is 421 g/mol. The summed E-state index contributed by atoms with van der Waals surface area (Å²) in [4.78, 5) is 30.4. The van der Waals surface area contributed by atoms with Crippen LogP contribution in [0, 0.1) is 0 Å². The summed E-state index contributed by atoms with van der Waals surface area (Å²) < 4.78 is 10.3. The molecule has 2 saturated heterocycles. The van der Waals surface area contributed by atoms with E-state index in [1.807, 2.05) is 11.0 Å². The third-order valence-electron chi connectivity index (χ3n) is 5.01. The van der Waals surface area contributed by atoms with Gasteiger partial charge in [-0.1, -0.05) is 6.07 Å². The molecule has 1 aromatic carbocycles. The van der Waals surface area contributed by atoms with Gasteiger partial charge in [-0.2, -0.15) is 0 Å². The number of nitrogens with one attached hydrogen (secondary N) is 1. The minimum absolute atomic E-state index is 0.165. The Hall–Kier alpha value is -2.23. The molecule has 8 nitrogen and oxygen atoms in total. The Morgan fingerprint density at radius 2 is 1.83 bits per heavy atom. The largest absolute Gasteiger partial charge is 0.462 e. The molecule has 1 amide bonds. The van der Waals surface area contributed by atoms with Gasteiger partial charge in [0.1, 0.15) is 0 Å². The van der Waals surface area contributed by atoms with Crippen molar-refractivity contribution in [3.63, 3.8) is 0 Å². The highest BCUT2D eigenvalue weighted by Gasteiger charge is 2.24. The van der Waals surface area contributed by atoms with Crippen molar-refractivity contribution in [2.45, 2.75) is 6.92 Å². The van der Waals surface area contributed by atoms with E-state index < -0.39 is 0 Å². The second-order valence-corrected chi connectivity index (χ2v) is 7.37. The Kier molecular flexibility index (Phi) is 7.79. The molecule has 2 aliphatic heterocycles. The van der Waals surface area contributed by atoms with E-state index in [0.717, 1.165) is 31.9 Å². The Morgan fingerprint density at radius 1 is 1.10 bits per heavy atom. The van der Waals surface area contributed by atoms with Gasteiger partial charge in [0.25, 0.3) is 0 Å². The van der Waals surface area contributed by atoms with Crippen LogP contribution in [0.1, 0.15) is 17.3 Å². The van der Waals surface area contributed by atoms with Gasteiger partial charge in [0.15, 0.2) is 5.11 Å². The Balaban J connectivity index is 1.46. The molecule has 9 heteroatoms. The van der Waals surface area contributed by atoms with Gasteiger partial charge < -0.3 is 24.6 Å². The molecule has 3 rings (SSSR count). The van der Waals surface area contributed by atoms with E-state index >= 15 is 0 Å². The lowest BCUT2D eigenvalue weighted by molar-refractivity contribution is -0.136. The fraction of sp³-hybridized carbons (Fsp3) is 0.550. The number of morpholine rings is 1. The highest BCUT2D eigenvalue weighted by molar-refractivity contribution is 7.80. The SMILES string of the molecule is CCOC(=O)c1cccc(NC(=S)N2CCN(CC(=O)N3CCOCC3)CC2)c1. The number of carbonyl (C=O) groups excluding carboxylic acids is 2. The molecule has 2 aliphatic rings. The number of hydrogen-bond donors (Lipinski definition) is 1. The van der Waals surface area contributed by atoms with Crippen molar-refractivity contribution >= 4 is 34.9 Å². The summed E-state index contributed by atoms with van der Waals surface area (Å²) in [5.74, 6) is -0.182. The molecular formula is C20H28N4O4S. The van der Waals surface area contributed by atoms with Gasteiger partial charge in [-0.25, -0.2) is 4.79 Å². The number of rotatable bonds is 5. The molecule has 2 heterocycles. The predicted molar refractivity (Wildman–Crippen MR) is 114 cm³/mol. The first-order chi connectivity index (χ1) is 14.1. The molecule has 0 spiro atoms. The highest BCUT2D eigenvalue weighted by Crippen LogP contribution is 2.14. The van der Waals surface area contributed by atoms with Crippen molar-refractivity contribution in [1.82, 2.24) is 14.7 Å².